The van der Waals surface area contributed by atoms with Crippen molar-refractivity contribution in [3.05, 3.63) is 63.4 Å². The van der Waals surface area contributed by atoms with E-state index in [-0.39, 0.29) is 23.3 Å². The van der Waals surface area contributed by atoms with E-state index < -0.39 is 17.9 Å². The lowest BCUT2D eigenvalue weighted by atomic mass is 9.99. The van der Waals surface area contributed by atoms with E-state index in [0.29, 0.717) is 17.9 Å². The summed E-state index contributed by atoms with van der Waals surface area (Å²) in [5.41, 5.74) is 2.76. The Morgan fingerprint density at radius 2 is 2.00 bits per heavy atom. The number of pyridine rings is 2. The third kappa shape index (κ3) is 2.42. The van der Waals surface area contributed by atoms with Crippen LogP contribution in [0.3, 0.4) is 0 Å². The first kappa shape index (κ1) is 16.2. The Kier molecular flexibility index (Phi) is 3.68. The van der Waals surface area contributed by atoms with Gasteiger partial charge < -0.3 is 9.67 Å². The molecule has 0 atom stereocenters. The van der Waals surface area contributed by atoms with Gasteiger partial charge in [0, 0.05) is 28.5 Å². The van der Waals surface area contributed by atoms with Crippen molar-refractivity contribution in [3.63, 3.8) is 0 Å². The molecular weight excluding hydrogens is 332 g/mol. The normalized spacial score (nSPS) is 12.0. The number of para-hydroxylation sites is 1. The maximum atomic E-state index is 12.9. The van der Waals surface area contributed by atoms with Crippen molar-refractivity contribution in [2.75, 3.05) is 0 Å². The van der Waals surface area contributed by atoms with Crippen LogP contribution >= 0.6 is 0 Å². The summed E-state index contributed by atoms with van der Waals surface area (Å²) in [6.45, 7) is 2.02. The second-order valence-corrected chi connectivity index (χ2v) is 6.35. The zero-order valence-corrected chi connectivity index (χ0v) is 14.2. The lowest BCUT2D eigenvalue weighted by Gasteiger charge is -2.11. The largest absolute Gasteiger partial charge is 0.481 e. The third-order valence-corrected chi connectivity index (χ3v) is 4.72. The first-order chi connectivity index (χ1) is 12.5. The Hall–Kier alpha value is -3.28. The number of benzene rings is 1. The molecule has 0 unspecified atom stereocenters. The fourth-order valence-corrected chi connectivity index (χ4v) is 3.48. The number of aromatic nitrogens is 2. The lowest BCUT2D eigenvalue weighted by molar-refractivity contribution is -0.136. The second kappa shape index (κ2) is 5.91. The topological polar surface area (TPSA) is 89.3 Å². The van der Waals surface area contributed by atoms with Crippen LogP contribution in [0.25, 0.3) is 22.3 Å². The summed E-state index contributed by atoms with van der Waals surface area (Å²) in [6, 6.07) is 11.3. The predicted molar refractivity (Wildman–Crippen MR) is 96.5 cm³/mol. The van der Waals surface area contributed by atoms with Gasteiger partial charge >= 0.3 is 5.97 Å². The molecule has 3 aromatic rings. The Morgan fingerprint density at radius 1 is 1.23 bits per heavy atom. The first-order valence-corrected chi connectivity index (χ1v) is 8.40. The van der Waals surface area contributed by atoms with E-state index in [1.54, 1.807) is 13.0 Å². The molecule has 0 aliphatic carbocycles. The van der Waals surface area contributed by atoms with Gasteiger partial charge in [0.2, 0.25) is 0 Å². The van der Waals surface area contributed by atoms with Crippen LogP contribution in [0.2, 0.25) is 0 Å². The van der Waals surface area contributed by atoms with Crippen LogP contribution < -0.4 is 5.56 Å². The van der Waals surface area contributed by atoms with E-state index in [1.807, 2.05) is 30.3 Å². The molecule has 0 fully saturated rings. The molecule has 6 heteroatoms. The molecule has 0 saturated carbocycles. The summed E-state index contributed by atoms with van der Waals surface area (Å²) in [5.74, 6) is -1.37. The zero-order chi connectivity index (χ0) is 18.4. The van der Waals surface area contributed by atoms with Gasteiger partial charge in [-0.1, -0.05) is 25.1 Å². The van der Waals surface area contributed by atoms with Crippen molar-refractivity contribution in [1.29, 1.82) is 0 Å². The number of aliphatic carboxylic acids is 1. The van der Waals surface area contributed by atoms with Crippen LogP contribution in [0.5, 0.6) is 0 Å². The summed E-state index contributed by atoms with van der Waals surface area (Å²) in [4.78, 5) is 41.1. The lowest BCUT2D eigenvalue weighted by Crippen LogP contribution is -2.27. The Balaban J connectivity index is 1.99. The van der Waals surface area contributed by atoms with Crippen molar-refractivity contribution >= 4 is 22.7 Å². The number of ketones is 1. The number of carboxylic acids is 1. The molecule has 0 radical (unpaired) electrons. The number of carbonyl (C=O) groups excluding carboxylic acids is 1. The van der Waals surface area contributed by atoms with Gasteiger partial charge in [0.1, 0.15) is 0 Å². The smallest absolute Gasteiger partial charge is 0.308 e. The van der Waals surface area contributed by atoms with Gasteiger partial charge in [-0.3, -0.25) is 14.4 Å². The van der Waals surface area contributed by atoms with E-state index in [1.165, 1.54) is 4.57 Å². The van der Waals surface area contributed by atoms with Gasteiger partial charge in [-0.05, 0) is 18.2 Å². The highest BCUT2D eigenvalue weighted by molar-refractivity contribution is 5.99. The van der Waals surface area contributed by atoms with Gasteiger partial charge in [0.25, 0.3) is 5.56 Å². The van der Waals surface area contributed by atoms with Crippen molar-refractivity contribution in [2.45, 2.75) is 26.3 Å². The van der Waals surface area contributed by atoms with Gasteiger partial charge in [0.15, 0.2) is 5.78 Å². The minimum Gasteiger partial charge on any atom is -0.481 e. The van der Waals surface area contributed by atoms with E-state index in [4.69, 9.17) is 5.11 Å². The van der Waals surface area contributed by atoms with Crippen LogP contribution in [0.1, 0.15) is 34.8 Å². The van der Waals surface area contributed by atoms with Crippen LogP contribution in [0, 0.1) is 0 Å². The number of nitrogens with zero attached hydrogens (tertiary/aromatic N) is 2. The standard InChI is InChI=1S/C20H16N2O4/c1-2-17(23)13-8-16-19-12(7-11-5-3-4-6-15(11)21-19)10-22(16)20(26)14(13)9-18(24)25/h3-8H,2,9-10H2,1H3,(H,24,25). The van der Waals surface area contributed by atoms with Gasteiger partial charge in [-0.2, -0.15) is 0 Å². The van der Waals surface area contributed by atoms with Gasteiger partial charge in [0.05, 0.1) is 29.9 Å². The summed E-state index contributed by atoms with van der Waals surface area (Å²) >= 11 is 0. The number of hydrogen-bond acceptors (Lipinski definition) is 4. The summed E-state index contributed by atoms with van der Waals surface area (Å²) in [7, 11) is 0. The molecule has 6 nitrogen and oxygen atoms in total. The molecular formula is C20H16N2O4. The highest BCUT2D eigenvalue weighted by Crippen LogP contribution is 2.32. The van der Waals surface area contributed by atoms with Crippen molar-refractivity contribution < 1.29 is 14.7 Å². The van der Waals surface area contributed by atoms with E-state index in [2.05, 4.69) is 4.98 Å². The van der Waals surface area contributed by atoms with Crippen LogP contribution in [-0.2, 0) is 17.8 Å². The molecule has 0 amide bonds. The maximum absolute atomic E-state index is 12.9. The number of carboxylic acid groups (broad SMARTS) is 1. The molecule has 0 bridgehead atoms. The predicted octanol–water partition coefficient (Wildman–Crippen LogP) is 2.65. The monoisotopic (exact) mass is 348 g/mol. The SMILES string of the molecule is CCC(=O)c1cc2n(c(=O)c1CC(=O)O)Cc1cc3ccccc3nc1-2. The number of Topliss-reactive ketones (excluding diaryl/α,β-unsaturated/α-hetero) is 1. The van der Waals surface area contributed by atoms with Crippen LogP contribution in [-0.4, -0.2) is 26.4 Å². The van der Waals surface area contributed by atoms with Crippen molar-refractivity contribution in [2.24, 2.45) is 0 Å². The molecule has 2 aromatic heterocycles. The molecule has 1 aliphatic heterocycles. The van der Waals surface area contributed by atoms with E-state index in [0.717, 1.165) is 16.5 Å². The van der Waals surface area contributed by atoms with E-state index >= 15 is 0 Å². The second-order valence-electron chi connectivity index (χ2n) is 6.35. The average molecular weight is 348 g/mol. The number of rotatable bonds is 4. The number of fused-ring (bicyclic) bond motifs is 4. The Labute approximate surface area is 148 Å². The highest BCUT2D eigenvalue weighted by Gasteiger charge is 2.27. The third-order valence-electron chi connectivity index (χ3n) is 4.72. The molecule has 26 heavy (non-hydrogen) atoms. The Bertz CT molecular complexity index is 1140. The number of carbonyl (C=O) groups is 2. The zero-order valence-electron chi connectivity index (χ0n) is 14.2. The number of hydrogen-bond donors (Lipinski definition) is 1. The maximum Gasteiger partial charge on any atom is 0.308 e. The minimum atomic E-state index is -1.13. The van der Waals surface area contributed by atoms with E-state index in [9.17, 15) is 14.4 Å². The molecule has 1 N–H and O–H groups in total. The van der Waals surface area contributed by atoms with Crippen molar-refractivity contribution in [3.8, 4) is 11.4 Å². The first-order valence-electron chi connectivity index (χ1n) is 8.40. The quantitative estimate of drug-likeness (QED) is 0.573. The summed E-state index contributed by atoms with van der Waals surface area (Å²) in [5, 5.41) is 10.1. The molecule has 1 aliphatic rings. The summed E-state index contributed by atoms with van der Waals surface area (Å²) < 4.78 is 1.52. The van der Waals surface area contributed by atoms with Gasteiger partial charge in [-0.15, -0.1) is 0 Å². The van der Waals surface area contributed by atoms with Crippen molar-refractivity contribution in [1.82, 2.24) is 9.55 Å². The summed E-state index contributed by atoms with van der Waals surface area (Å²) in [6.07, 6.45) is -0.264. The molecule has 0 saturated heterocycles. The average Bonchev–Trinajstić information content (AvgIpc) is 2.98. The molecule has 0 spiro atoms. The van der Waals surface area contributed by atoms with Crippen LogP contribution in [0.4, 0.5) is 0 Å². The van der Waals surface area contributed by atoms with Gasteiger partial charge in [-0.25, -0.2) is 4.98 Å². The molecule has 130 valence electrons. The highest BCUT2D eigenvalue weighted by atomic mass is 16.4. The molecule has 3 heterocycles. The fraction of sp³-hybridized carbons (Fsp3) is 0.200. The molecule has 1 aromatic carbocycles. The fourth-order valence-electron chi connectivity index (χ4n) is 3.48. The minimum absolute atomic E-state index is 0.0467. The van der Waals surface area contributed by atoms with Crippen LogP contribution in [0.15, 0.2) is 41.2 Å². The molecule has 4 rings (SSSR count). The Morgan fingerprint density at radius 3 is 2.73 bits per heavy atom.